The second-order valence-corrected chi connectivity index (χ2v) is 8.30. The van der Waals surface area contributed by atoms with E-state index in [1.807, 2.05) is 23.6 Å². The molecule has 0 spiro atoms. The number of amides is 2. The zero-order valence-electron chi connectivity index (χ0n) is 16.2. The van der Waals surface area contributed by atoms with Gasteiger partial charge in [-0.15, -0.1) is 11.3 Å². The fourth-order valence-electron chi connectivity index (χ4n) is 3.43. The Balaban J connectivity index is 1.35. The molecule has 148 valence electrons. The first kappa shape index (κ1) is 19.2. The van der Waals surface area contributed by atoms with Crippen molar-refractivity contribution in [2.75, 3.05) is 28.6 Å². The van der Waals surface area contributed by atoms with Crippen molar-refractivity contribution in [3.63, 3.8) is 0 Å². The van der Waals surface area contributed by atoms with Crippen LogP contribution in [-0.4, -0.2) is 24.9 Å². The molecule has 0 aliphatic carbocycles. The second-order valence-electron chi connectivity index (χ2n) is 7.35. The molecule has 4 rings (SSSR count). The van der Waals surface area contributed by atoms with E-state index in [4.69, 9.17) is 0 Å². The van der Waals surface area contributed by atoms with E-state index in [-0.39, 0.29) is 11.8 Å². The minimum absolute atomic E-state index is 0.148. The van der Waals surface area contributed by atoms with E-state index >= 15 is 0 Å². The molecule has 1 aliphatic heterocycles. The molecule has 3 aromatic rings. The van der Waals surface area contributed by atoms with Crippen LogP contribution in [0, 0.1) is 5.92 Å². The largest absolute Gasteiger partial charge is 0.371 e. The Labute approximate surface area is 174 Å². The lowest BCUT2D eigenvalue weighted by Gasteiger charge is -2.18. The van der Waals surface area contributed by atoms with Gasteiger partial charge in [0.2, 0.25) is 0 Å². The minimum atomic E-state index is -0.177. The zero-order chi connectivity index (χ0) is 20.2. The van der Waals surface area contributed by atoms with Crippen LogP contribution in [0.25, 0.3) is 0 Å². The number of hydrogen-bond donors (Lipinski definition) is 2. The Morgan fingerprint density at radius 1 is 0.931 bits per heavy atom. The average Bonchev–Trinajstić information content (AvgIpc) is 3.41. The molecular weight excluding hydrogens is 382 g/mol. The highest BCUT2D eigenvalue weighted by Crippen LogP contribution is 2.25. The van der Waals surface area contributed by atoms with Gasteiger partial charge in [-0.05, 0) is 72.3 Å². The summed E-state index contributed by atoms with van der Waals surface area (Å²) in [5.41, 5.74) is 3.15. The third-order valence-corrected chi connectivity index (χ3v) is 5.93. The number of nitrogens with one attached hydrogen (secondary N) is 2. The van der Waals surface area contributed by atoms with Crippen molar-refractivity contribution in [1.29, 1.82) is 0 Å². The summed E-state index contributed by atoms with van der Waals surface area (Å²) in [6.07, 6.45) is 1.22. The summed E-state index contributed by atoms with van der Waals surface area (Å²) in [4.78, 5) is 27.6. The molecule has 0 saturated carbocycles. The highest BCUT2D eigenvalue weighted by molar-refractivity contribution is 7.12. The highest BCUT2D eigenvalue weighted by atomic mass is 32.1. The van der Waals surface area contributed by atoms with Crippen LogP contribution in [0.15, 0.2) is 66.0 Å². The molecule has 2 aromatic carbocycles. The van der Waals surface area contributed by atoms with Gasteiger partial charge in [0.05, 0.1) is 4.88 Å². The van der Waals surface area contributed by atoms with Crippen LogP contribution in [0.2, 0.25) is 0 Å². The predicted octanol–water partition coefficient (Wildman–Crippen LogP) is 5.10. The first-order chi connectivity index (χ1) is 14.1. The van der Waals surface area contributed by atoms with Gasteiger partial charge < -0.3 is 15.5 Å². The fourth-order valence-corrected chi connectivity index (χ4v) is 4.05. The Morgan fingerprint density at radius 2 is 1.59 bits per heavy atom. The predicted molar refractivity (Wildman–Crippen MR) is 119 cm³/mol. The van der Waals surface area contributed by atoms with Crippen molar-refractivity contribution in [2.24, 2.45) is 5.92 Å². The zero-order valence-corrected chi connectivity index (χ0v) is 17.0. The number of carbonyl (C=O) groups excluding carboxylic acids is 2. The van der Waals surface area contributed by atoms with Crippen LogP contribution in [0.3, 0.4) is 0 Å². The monoisotopic (exact) mass is 405 g/mol. The van der Waals surface area contributed by atoms with E-state index in [0.29, 0.717) is 16.1 Å². The van der Waals surface area contributed by atoms with Gasteiger partial charge in [0.25, 0.3) is 11.8 Å². The maximum absolute atomic E-state index is 12.5. The first-order valence-corrected chi connectivity index (χ1v) is 10.6. The van der Waals surface area contributed by atoms with Crippen molar-refractivity contribution in [3.05, 3.63) is 76.5 Å². The molecule has 1 aromatic heterocycles. The SMILES string of the molecule is CC1CCN(c2ccc(NC(=O)c3ccc(NC(=O)c4cccs4)cc3)cc2)C1. The molecule has 2 heterocycles. The maximum atomic E-state index is 12.5. The number of carbonyl (C=O) groups is 2. The topological polar surface area (TPSA) is 61.4 Å². The van der Waals surface area contributed by atoms with Crippen molar-refractivity contribution in [1.82, 2.24) is 0 Å². The van der Waals surface area contributed by atoms with Crippen LogP contribution in [-0.2, 0) is 0 Å². The normalized spacial score (nSPS) is 15.9. The Bertz CT molecular complexity index is 982. The molecule has 2 amide bonds. The van der Waals surface area contributed by atoms with Crippen molar-refractivity contribution in [3.8, 4) is 0 Å². The summed E-state index contributed by atoms with van der Waals surface area (Å²) in [7, 11) is 0. The van der Waals surface area contributed by atoms with E-state index in [9.17, 15) is 9.59 Å². The van der Waals surface area contributed by atoms with E-state index in [2.05, 4.69) is 34.6 Å². The van der Waals surface area contributed by atoms with Gasteiger partial charge in [-0.3, -0.25) is 9.59 Å². The summed E-state index contributed by atoms with van der Waals surface area (Å²) < 4.78 is 0. The van der Waals surface area contributed by atoms with Crippen LogP contribution in [0.5, 0.6) is 0 Å². The van der Waals surface area contributed by atoms with E-state index < -0.39 is 0 Å². The molecule has 0 bridgehead atoms. The van der Waals surface area contributed by atoms with Crippen molar-refractivity contribution >= 4 is 40.2 Å². The molecule has 29 heavy (non-hydrogen) atoms. The summed E-state index contributed by atoms with van der Waals surface area (Å²) in [5.74, 6) is 0.404. The van der Waals surface area contributed by atoms with Gasteiger partial charge in [0.1, 0.15) is 0 Å². The van der Waals surface area contributed by atoms with Crippen molar-refractivity contribution in [2.45, 2.75) is 13.3 Å². The molecule has 5 nitrogen and oxygen atoms in total. The summed E-state index contributed by atoms with van der Waals surface area (Å²) >= 11 is 1.39. The summed E-state index contributed by atoms with van der Waals surface area (Å²) in [6.45, 7) is 4.44. The third-order valence-electron chi connectivity index (χ3n) is 5.06. The lowest BCUT2D eigenvalue weighted by atomic mass is 10.1. The molecule has 0 radical (unpaired) electrons. The average molecular weight is 406 g/mol. The quantitative estimate of drug-likeness (QED) is 0.621. The van der Waals surface area contributed by atoms with Crippen molar-refractivity contribution < 1.29 is 9.59 Å². The van der Waals surface area contributed by atoms with Crippen LogP contribution < -0.4 is 15.5 Å². The number of nitrogens with zero attached hydrogens (tertiary/aromatic N) is 1. The Hall–Kier alpha value is -3.12. The van der Waals surface area contributed by atoms with Crippen LogP contribution >= 0.6 is 11.3 Å². The molecule has 1 saturated heterocycles. The number of anilines is 3. The van der Waals surface area contributed by atoms with Crippen LogP contribution in [0.1, 0.15) is 33.4 Å². The number of thiophene rings is 1. The van der Waals surface area contributed by atoms with Crippen LogP contribution in [0.4, 0.5) is 17.1 Å². The molecule has 1 aliphatic rings. The maximum Gasteiger partial charge on any atom is 0.265 e. The molecular formula is C23H23N3O2S. The van der Waals surface area contributed by atoms with Gasteiger partial charge in [0.15, 0.2) is 0 Å². The van der Waals surface area contributed by atoms with Gasteiger partial charge >= 0.3 is 0 Å². The van der Waals surface area contributed by atoms with E-state index in [0.717, 1.165) is 24.7 Å². The smallest absolute Gasteiger partial charge is 0.265 e. The summed E-state index contributed by atoms with van der Waals surface area (Å²) in [5, 5.41) is 7.62. The molecule has 6 heteroatoms. The standard InChI is InChI=1S/C23H23N3O2S/c1-16-12-13-26(15-16)20-10-8-19(9-11-20)24-22(27)17-4-6-18(7-5-17)25-23(28)21-3-2-14-29-21/h2-11,14,16H,12-13,15H2,1H3,(H,24,27)(H,25,28). The molecule has 1 atom stereocenters. The number of rotatable bonds is 5. The first-order valence-electron chi connectivity index (χ1n) is 9.70. The Morgan fingerprint density at radius 3 is 2.17 bits per heavy atom. The lowest BCUT2D eigenvalue weighted by molar-refractivity contribution is 0.102. The molecule has 1 fully saturated rings. The summed E-state index contributed by atoms with van der Waals surface area (Å²) in [6, 6.07) is 18.5. The van der Waals surface area contributed by atoms with E-state index in [1.165, 1.54) is 23.4 Å². The lowest BCUT2D eigenvalue weighted by Crippen LogP contribution is -2.19. The second kappa shape index (κ2) is 8.49. The minimum Gasteiger partial charge on any atom is -0.371 e. The third kappa shape index (κ3) is 4.66. The van der Waals surface area contributed by atoms with Gasteiger partial charge in [-0.1, -0.05) is 13.0 Å². The highest BCUT2D eigenvalue weighted by Gasteiger charge is 2.18. The van der Waals surface area contributed by atoms with Gasteiger partial charge in [-0.25, -0.2) is 0 Å². The molecule has 1 unspecified atom stereocenters. The fraction of sp³-hybridized carbons (Fsp3) is 0.217. The molecule has 2 N–H and O–H groups in total. The van der Waals surface area contributed by atoms with Gasteiger partial charge in [-0.2, -0.15) is 0 Å². The Kier molecular flexibility index (Phi) is 5.62. The number of hydrogen-bond acceptors (Lipinski definition) is 4. The van der Waals surface area contributed by atoms with Gasteiger partial charge in [0, 0.05) is 35.7 Å². The van der Waals surface area contributed by atoms with E-state index in [1.54, 1.807) is 30.3 Å². The number of benzene rings is 2.